The van der Waals surface area contributed by atoms with Crippen LogP contribution < -0.4 is 0 Å². The van der Waals surface area contributed by atoms with Crippen molar-refractivity contribution in [3.8, 4) is 0 Å². The van der Waals surface area contributed by atoms with E-state index in [0.717, 1.165) is 10.5 Å². The Morgan fingerprint density at radius 1 is 0.863 bits per heavy atom. The Bertz CT molecular complexity index is 2010. The van der Waals surface area contributed by atoms with E-state index < -0.39 is 120 Å². The van der Waals surface area contributed by atoms with Crippen LogP contribution in [0, 0.1) is 40.9 Å². The number of fused-ring (bicyclic) bond motifs is 3. The van der Waals surface area contributed by atoms with E-state index in [1.165, 1.54) is 21.1 Å². The number of amides is 1. The number of rotatable bonds is 10. The zero-order valence-corrected chi connectivity index (χ0v) is 45.3. The maximum absolute atomic E-state index is 14.5. The number of hydrogen-bond donors (Lipinski definition) is 4. The molecule has 4 N–H and O–H groups in total. The monoisotopic (exact) mass is 1030 g/mol. The molecule has 17 nitrogen and oxygen atoms in total. The molecule has 0 spiro atoms. The number of aliphatic hydroxyl groups is 4. The van der Waals surface area contributed by atoms with Crippen LogP contribution in [-0.2, 0) is 57.2 Å². The summed E-state index contributed by atoms with van der Waals surface area (Å²) in [6, 6.07) is -1.20. The Kier molecular flexibility index (Phi) is 23.9. The third-order valence-electron chi connectivity index (χ3n) is 15.9. The summed E-state index contributed by atoms with van der Waals surface area (Å²) in [6.45, 7) is 12.7. The Morgan fingerprint density at radius 3 is 2.21 bits per heavy atom. The Balaban J connectivity index is 1.69. The van der Waals surface area contributed by atoms with Crippen molar-refractivity contribution in [1.29, 1.82) is 0 Å². The second-order valence-corrected chi connectivity index (χ2v) is 21.8. The van der Waals surface area contributed by atoms with Crippen molar-refractivity contribution in [2.45, 2.75) is 187 Å². The zero-order valence-electron chi connectivity index (χ0n) is 45.3. The number of esters is 2. The van der Waals surface area contributed by atoms with Gasteiger partial charge in [-0.25, -0.2) is 4.79 Å². The maximum Gasteiger partial charge on any atom is 0.329 e. The molecule has 4 aliphatic rings. The first-order valence-corrected chi connectivity index (χ1v) is 26.4. The summed E-state index contributed by atoms with van der Waals surface area (Å²) < 4.78 is 35.4. The van der Waals surface area contributed by atoms with Crippen molar-refractivity contribution in [3.05, 3.63) is 47.6 Å². The number of hydrogen-bond acceptors (Lipinski definition) is 16. The van der Waals surface area contributed by atoms with Crippen molar-refractivity contribution in [2.24, 2.45) is 40.9 Å². The van der Waals surface area contributed by atoms with Crippen LogP contribution in [0.5, 0.6) is 0 Å². The standard InChI is InChI=1S/C56H87NO16/c1-33-17-13-12-14-18-34(2)45(68-9)29-41-22-20-39(7)56(67,73-41)51(63)52(64)57-24-16-15-19-42(57)53(65)71-46(30-43(60)35(3)26-38(6)49(62)50(70-11)48(61)37(5)25-33)36(4)27-40-21-23-44(47(28-40)69-10)72-54(66)55(8,31-58)32-59/h12-14,17-18,26,33,35-37,39-42,44-47,49-50,58-59,62,67H,15-16,19-25,27-32H2,1-11H3/b14-12+,17-13+,34-18+,38-26+/t33-,35?,36-,37-,39-,40+,41+,42+,44-,45+,46+,47-,49-,50+,56-/m1/s1. The van der Waals surface area contributed by atoms with E-state index in [9.17, 15) is 49.2 Å². The van der Waals surface area contributed by atoms with Crippen LogP contribution in [-0.4, -0.2) is 156 Å². The third kappa shape index (κ3) is 16.0. The smallest absolute Gasteiger partial charge is 0.329 e. The molecule has 412 valence electrons. The summed E-state index contributed by atoms with van der Waals surface area (Å²) in [5.74, 6) is -9.36. The first kappa shape index (κ1) is 61.6. The molecule has 1 saturated carbocycles. The molecule has 17 heteroatoms. The minimum atomic E-state index is -2.47. The molecule has 73 heavy (non-hydrogen) atoms. The number of ketones is 3. The number of aliphatic hydroxyl groups excluding tert-OH is 3. The van der Waals surface area contributed by atoms with Gasteiger partial charge in [0.15, 0.2) is 5.78 Å². The summed E-state index contributed by atoms with van der Waals surface area (Å²) in [6.07, 6.45) is 9.76. The third-order valence-corrected chi connectivity index (χ3v) is 15.9. The average Bonchev–Trinajstić information content (AvgIpc) is 3.37. The van der Waals surface area contributed by atoms with Crippen LogP contribution in [0.25, 0.3) is 0 Å². The van der Waals surface area contributed by atoms with E-state index in [2.05, 4.69) is 0 Å². The van der Waals surface area contributed by atoms with Gasteiger partial charge >= 0.3 is 11.9 Å². The fraction of sp³-hybridized carbons (Fsp3) is 0.750. The first-order valence-electron chi connectivity index (χ1n) is 26.4. The molecule has 0 aromatic heterocycles. The lowest BCUT2D eigenvalue weighted by Crippen LogP contribution is -2.61. The normalized spacial score (nSPS) is 37.4. The van der Waals surface area contributed by atoms with Gasteiger partial charge in [-0.1, -0.05) is 71.1 Å². The predicted octanol–water partition coefficient (Wildman–Crippen LogP) is 5.72. The average molecular weight is 1030 g/mol. The lowest BCUT2D eigenvalue weighted by molar-refractivity contribution is -0.265. The van der Waals surface area contributed by atoms with Crippen LogP contribution in [0.15, 0.2) is 47.6 Å². The topological polar surface area (TPSA) is 242 Å². The zero-order chi connectivity index (χ0) is 54.4. The van der Waals surface area contributed by atoms with Crippen LogP contribution in [0.1, 0.15) is 132 Å². The summed E-state index contributed by atoms with van der Waals surface area (Å²) in [4.78, 5) is 85.4. The summed E-state index contributed by atoms with van der Waals surface area (Å²) >= 11 is 0. The second-order valence-electron chi connectivity index (χ2n) is 21.8. The number of Topliss-reactive ketones (excluding diaryl/α,β-unsaturated/α-hetero) is 3. The molecule has 0 aromatic rings. The van der Waals surface area contributed by atoms with Crippen LogP contribution in [0.4, 0.5) is 0 Å². The van der Waals surface area contributed by atoms with Crippen molar-refractivity contribution < 1.29 is 77.6 Å². The molecule has 0 aromatic carbocycles. The minimum Gasteiger partial charge on any atom is -0.460 e. The van der Waals surface area contributed by atoms with E-state index in [1.807, 2.05) is 51.2 Å². The van der Waals surface area contributed by atoms with Gasteiger partial charge in [0.05, 0.1) is 31.5 Å². The highest BCUT2D eigenvalue weighted by molar-refractivity contribution is 6.39. The fourth-order valence-corrected chi connectivity index (χ4v) is 10.7. The van der Waals surface area contributed by atoms with E-state index in [-0.39, 0.29) is 42.8 Å². The van der Waals surface area contributed by atoms with E-state index in [1.54, 1.807) is 40.9 Å². The van der Waals surface area contributed by atoms with Gasteiger partial charge in [0, 0.05) is 58.5 Å². The van der Waals surface area contributed by atoms with E-state index in [0.29, 0.717) is 69.8 Å². The Hall–Kier alpha value is -3.94. The molecule has 1 unspecified atom stereocenters. The Labute approximate surface area is 433 Å². The SMILES string of the molecule is CO[C@H]1C[C@@H]2CC[C@@H](C)[C@@](O)(O2)C(=O)C(=O)N2CCCC[C@H]2C(=O)O[C@H]([C@H](C)C[C@@H]2CC[C@@H](OC(=O)C(C)(CO)CO)[C@H](OC)C2)CC(=O)C(C)/C=C(\C)[C@@H](O)[C@@H](OC)C(=O)[C@H](C)C[C@H](C)/C=C/C=C/C=C/1C. The van der Waals surface area contributed by atoms with Gasteiger partial charge in [0.25, 0.3) is 11.7 Å². The van der Waals surface area contributed by atoms with Crippen molar-refractivity contribution in [2.75, 3.05) is 41.1 Å². The lowest BCUT2D eigenvalue weighted by Gasteiger charge is -2.42. The highest BCUT2D eigenvalue weighted by Gasteiger charge is 2.53. The maximum atomic E-state index is 14.5. The van der Waals surface area contributed by atoms with Crippen LogP contribution in [0.2, 0.25) is 0 Å². The predicted molar refractivity (Wildman–Crippen MR) is 271 cm³/mol. The summed E-state index contributed by atoms with van der Waals surface area (Å²) in [5, 5.41) is 43.1. The summed E-state index contributed by atoms with van der Waals surface area (Å²) in [7, 11) is 4.43. The highest BCUT2D eigenvalue weighted by atomic mass is 16.6. The fourth-order valence-electron chi connectivity index (χ4n) is 10.7. The molecule has 2 saturated heterocycles. The first-order chi connectivity index (χ1) is 34.5. The van der Waals surface area contributed by atoms with Gasteiger partial charge < -0.3 is 53.7 Å². The molecule has 15 atom stereocenters. The number of piperidine rings is 1. The summed E-state index contributed by atoms with van der Waals surface area (Å²) in [5.41, 5.74) is -0.277. The van der Waals surface area contributed by atoms with E-state index in [4.69, 9.17) is 28.4 Å². The minimum absolute atomic E-state index is 0.00697. The van der Waals surface area contributed by atoms with Crippen molar-refractivity contribution in [1.82, 2.24) is 4.90 Å². The highest BCUT2D eigenvalue weighted by Crippen LogP contribution is 2.38. The number of carbonyl (C=O) groups is 6. The van der Waals surface area contributed by atoms with Gasteiger partial charge in [-0.2, -0.15) is 0 Å². The van der Waals surface area contributed by atoms with Crippen molar-refractivity contribution >= 4 is 35.2 Å². The van der Waals surface area contributed by atoms with Gasteiger partial charge in [0.1, 0.15) is 41.7 Å². The molecule has 0 radical (unpaired) electrons. The number of carbonyl (C=O) groups excluding carboxylic acids is 6. The number of cyclic esters (lactones) is 1. The second kappa shape index (κ2) is 28.3. The van der Waals surface area contributed by atoms with Crippen LogP contribution >= 0.6 is 0 Å². The number of nitrogens with zero attached hydrogens (tertiary/aromatic N) is 1. The number of allylic oxidation sites excluding steroid dienone is 6. The van der Waals surface area contributed by atoms with Gasteiger partial charge in [-0.3, -0.25) is 24.0 Å². The molecule has 1 aliphatic carbocycles. The van der Waals surface area contributed by atoms with Gasteiger partial charge in [0.2, 0.25) is 5.79 Å². The molecule has 2 bridgehead atoms. The quantitative estimate of drug-likeness (QED) is 0.116. The molecule has 3 heterocycles. The molecular formula is C56H87NO16. The molecule has 3 fully saturated rings. The lowest BCUT2D eigenvalue weighted by atomic mass is 9.78. The number of ether oxygens (including phenoxy) is 6. The van der Waals surface area contributed by atoms with Crippen LogP contribution in [0.3, 0.4) is 0 Å². The van der Waals surface area contributed by atoms with Crippen molar-refractivity contribution in [3.63, 3.8) is 0 Å². The molecule has 3 aliphatic heterocycles. The largest absolute Gasteiger partial charge is 0.460 e. The van der Waals surface area contributed by atoms with E-state index >= 15 is 0 Å². The molecule has 1 amide bonds. The molecular weight excluding hydrogens is 943 g/mol. The number of methoxy groups -OCH3 is 3. The Morgan fingerprint density at radius 2 is 1.56 bits per heavy atom. The van der Waals surface area contributed by atoms with Gasteiger partial charge in [-0.05, 0) is 114 Å². The van der Waals surface area contributed by atoms with Gasteiger partial charge in [-0.15, -0.1) is 0 Å². The molecule has 4 rings (SSSR count).